The third-order valence-corrected chi connectivity index (χ3v) is 6.44. The molecular weight excluding hydrogens is 331 g/mol. The van der Waals surface area contributed by atoms with Crippen molar-refractivity contribution in [1.82, 2.24) is 15.2 Å². The van der Waals surface area contributed by atoms with Crippen molar-refractivity contribution >= 4 is 22.4 Å². The van der Waals surface area contributed by atoms with Gasteiger partial charge < -0.3 is 26.3 Å². The normalized spacial score (nSPS) is 32.5. The van der Waals surface area contributed by atoms with Crippen molar-refractivity contribution in [2.75, 3.05) is 18.9 Å². The van der Waals surface area contributed by atoms with Gasteiger partial charge in [-0.25, -0.2) is 4.39 Å². The lowest BCUT2D eigenvalue weighted by Gasteiger charge is -2.32. The number of nitrogens with zero attached hydrogens (tertiary/aromatic N) is 1. The van der Waals surface area contributed by atoms with Crippen LogP contribution in [0.25, 0.3) is 10.9 Å². The second-order valence-corrected chi connectivity index (χ2v) is 8.02. The number of hydrogen-bond donors (Lipinski definition) is 5. The number of likely N-dealkylation sites (tertiary alicyclic amines) is 1. The largest absolute Gasteiger partial charge is 0.386 e. The highest BCUT2D eigenvalue weighted by Gasteiger charge is 2.46. The Morgan fingerprint density at radius 3 is 2.73 bits per heavy atom. The van der Waals surface area contributed by atoms with Crippen LogP contribution >= 0.6 is 0 Å². The third-order valence-electron chi connectivity index (χ3n) is 6.44. The Balaban J connectivity index is 1.64. The number of nitrogens with two attached hydrogens (primary N) is 1. The van der Waals surface area contributed by atoms with Gasteiger partial charge in [0, 0.05) is 48.4 Å². The molecule has 3 heterocycles. The van der Waals surface area contributed by atoms with Gasteiger partial charge in [0.25, 0.3) is 0 Å². The fourth-order valence-electron chi connectivity index (χ4n) is 4.94. The number of amidine groups is 1. The first-order valence-electron chi connectivity index (χ1n) is 9.38. The Kier molecular flexibility index (Phi) is 3.36. The topological polar surface area (TPSA) is 103 Å². The Morgan fingerprint density at radius 1 is 1.38 bits per heavy atom. The number of piperidine rings is 1. The molecule has 3 fully saturated rings. The second kappa shape index (κ2) is 5.44. The number of H-pyrrole nitrogens is 1. The fraction of sp³-hybridized carbons (Fsp3) is 0.526. The molecule has 0 radical (unpaired) electrons. The van der Waals surface area contributed by atoms with E-state index in [4.69, 9.17) is 11.1 Å². The van der Waals surface area contributed by atoms with E-state index >= 15 is 0 Å². The number of nitrogens with one attached hydrogen (secondary N) is 4. The average Bonchev–Trinajstić information content (AvgIpc) is 2.97. The van der Waals surface area contributed by atoms with E-state index in [1.165, 1.54) is 6.07 Å². The van der Waals surface area contributed by atoms with Gasteiger partial charge in [0.1, 0.15) is 11.7 Å². The van der Waals surface area contributed by atoms with Gasteiger partial charge in [-0.15, -0.1) is 0 Å². The minimum absolute atomic E-state index is 0.188. The van der Waals surface area contributed by atoms with Crippen LogP contribution in [0.4, 0.5) is 10.1 Å². The predicted octanol–water partition coefficient (Wildman–Crippen LogP) is 2.13. The van der Waals surface area contributed by atoms with Crippen LogP contribution in [-0.2, 0) is 0 Å². The molecule has 5 atom stereocenters. The molecule has 0 spiro atoms. The highest BCUT2D eigenvalue weighted by molar-refractivity contribution is 6.12. The molecule has 2 aromatic rings. The quantitative estimate of drug-likeness (QED) is 0.330. The summed E-state index contributed by atoms with van der Waals surface area (Å²) in [5, 5.41) is 16.2. The van der Waals surface area contributed by atoms with Crippen molar-refractivity contribution < 1.29 is 4.39 Å². The molecule has 2 bridgehead atoms. The van der Waals surface area contributed by atoms with E-state index in [1.54, 1.807) is 13.1 Å². The van der Waals surface area contributed by atoms with Crippen molar-refractivity contribution in [1.29, 1.82) is 5.41 Å². The molecule has 2 saturated heterocycles. The van der Waals surface area contributed by atoms with E-state index in [0.29, 0.717) is 23.8 Å². The number of aromatic amines is 1. The molecule has 7 heteroatoms. The number of benzene rings is 1. The summed E-state index contributed by atoms with van der Waals surface area (Å²) in [7, 11) is 1.79. The summed E-state index contributed by atoms with van der Waals surface area (Å²) in [6.45, 7) is 2.96. The van der Waals surface area contributed by atoms with Gasteiger partial charge in [-0.05, 0) is 37.8 Å². The molecule has 1 aromatic carbocycles. The van der Waals surface area contributed by atoms with Gasteiger partial charge in [-0.3, -0.25) is 5.41 Å². The van der Waals surface area contributed by atoms with E-state index in [1.807, 2.05) is 0 Å². The van der Waals surface area contributed by atoms with Gasteiger partial charge in [-0.1, -0.05) is 0 Å². The van der Waals surface area contributed by atoms with Crippen molar-refractivity contribution in [2.24, 2.45) is 11.7 Å². The fourth-order valence-corrected chi connectivity index (χ4v) is 4.94. The standard InChI is InChI=1S/C19H25FN6/c1-8-16(24-8)18-15(12-4-10(20)5-14(23-2)17(12)25-18)19(22)26-7-9-3-11(26)6-13(9)21/h4-5,8-9,11,13,16,22-25H,3,6-7,21H2,1-2H3. The van der Waals surface area contributed by atoms with Gasteiger partial charge in [0.05, 0.1) is 17.2 Å². The van der Waals surface area contributed by atoms with E-state index in [-0.39, 0.29) is 17.9 Å². The monoisotopic (exact) mass is 356 g/mol. The van der Waals surface area contributed by atoms with Crippen molar-refractivity contribution in [2.45, 2.75) is 43.9 Å². The van der Waals surface area contributed by atoms with Gasteiger partial charge in [0.2, 0.25) is 0 Å². The summed E-state index contributed by atoms with van der Waals surface area (Å²) >= 11 is 0. The minimum atomic E-state index is -0.289. The average molecular weight is 356 g/mol. The smallest absolute Gasteiger partial charge is 0.130 e. The lowest BCUT2D eigenvalue weighted by Crippen LogP contribution is -2.44. The maximum Gasteiger partial charge on any atom is 0.130 e. The van der Waals surface area contributed by atoms with Crippen LogP contribution in [0.2, 0.25) is 0 Å². The maximum atomic E-state index is 14.2. The van der Waals surface area contributed by atoms with Crippen LogP contribution in [0.5, 0.6) is 0 Å². The Hall–Kier alpha value is -2.12. The van der Waals surface area contributed by atoms with Crippen LogP contribution in [0, 0.1) is 17.1 Å². The summed E-state index contributed by atoms with van der Waals surface area (Å²) in [6.07, 6.45) is 2.01. The Morgan fingerprint density at radius 2 is 2.15 bits per heavy atom. The van der Waals surface area contributed by atoms with Crippen LogP contribution in [0.3, 0.4) is 0 Å². The molecule has 5 rings (SSSR count). The van der Waals surface area contributed by atoms with Gasteiger partial charge >= 0.3 is 0 Å². The summed E-state index contributed by atoms with van der Waals surface area (Å²) in [5.41, 5.74) is 9.60. The molecule has 2 aliphatic heterocycles. The highest BCUT2D eigenvalue weighted by atomic mass is 19.1. The van der Waals surface area contributed by atoms with Gasteiger partial charge in [-0.2, -0.15) is 0 Å². The lowest BCUT2D eigenvalue weighted by atomic mass is 10.0. The third kappa shape index (κ3) is 2.20. The van der Waals surface area contributed by atoms with E-state index in [2.05, 4.69) is 27.4 Å². The Labute approximate surface area is 151 Å². The molecular formula is C19H25FN6. The zero-order chi connectivity index (χ0) is 18.2. The maximum absolute atomic E-state index is 14.2. The van der Waals surface area contributed by atoms with E-state index in [9.17, 15) is 4.39 Å². The molecule has 1 aliphatic carbocycles. The first kappa shape index (κ1) is 16.1. The molecule has 6 N–H and O–H groups in total. The summed E-state index contributed by atoms with van der Waals surface area (Å²) in [5.74, 6) is 0.680. The first-order valence-corrected chi connectivity index (χ1v) is 9.38. The van der Waals surface area contributed by atoms with Crippen LogP contribution in [0.1, 0.15) is 37.1 Å². The molecule has 1 aromatic heterocycles. The number of aromatic nitrogens is 1. The summed E-state index contributed by atoms with van der Waals surface area (Å²) in [4.78, 5) is 5.65. The molecule has 26 heavy (non-hydrogen) atoms. The molecule has 3 aliphatic rings. The molecule has 138 valence electrons. The minimum Gasteiger partial charge on any atom is -0.386 e. The second-order valence-electron chi connectivity index (χ2n) is 8.02. The van der Waals surface area contributed by atoms with Crippen molar-refractivity contribution in [3.63, 3.8) is 0 Å². The number of rotatable bonds is 3. The van der Waals surface area contributed by atoms with Crippen LogP contribution in [-0.4, -0.2) is 47.4 Å². The first-order chi connectivity index (χ1) is 12.5. The van der Waals surface area contributed by atoms with E-state index < -0.39 is 0 Å². The number of fused-ring (bicyclic) bond motifs is 3. The van der Waals surface area contributed by atoms with Crippen LogP contribution < -0.4 is 16.4 Å². The number of halogens is 1. The Bertz CT molecular complexity index is 903. The van der Waals surface area contributed by atoms with Crippen LogP contribution in [0.15, 0.2) is 12.1 Å². The van der Waals surface area contributed by atoms with E-state index in [0.717, 1.165) is 47.2 Å². The predicted molar refractivity (Wildman–Crippen MR) is 101 cm³/mol. The lowest BCUT2D eigenvalue weighted by molar-refractivity contribution is 0.301. The zero-order valence-electron chi connectivity index (χ0n) is 15.1. The molecule has 6 nitrogen and oxygen atoms in total. The zero-order valence-corrected chi connectivity index (χ0v) is 15.1. The molecule has 0 amide bonds. The SMILES string of the molecule is CNc1cc(F)cc2c(C(=N)N3CC4CC3CC4N)c(C3NC3C)[nH]c12. The highest BCUT2D eigenvalue weighted by Crippen LogP contribution is 2.42. The van der Waals surface area contributed by atoms with Crippen molar-refractivity contribution in [3.05, 3.63) is 29.2 Å². The number of anilines is 1. The molecule has 1 saturated carbocycles. The van der Waals surface area contributed by atoms with Crippen molar-refractivity contribution in [3.8, 4) is 0 Å². The molecule has 5 unspecified atom stereocenters. The summed E-state index contributed by atoms with van der Waals surface area (Å²) in [6, 6.07) is 4.18. The number of hydrogen-bond acceptors (Lipinski definition) is 4. The summed E-state index contributed by atoms with van der Waals surface area (Å²) < 4.78 is 14.2. The van der Waals surface area contributed by atoms with Gasteiger partial charge in [0.15, 0.2) is 0 Å².